The van der Waals surface area contributed by atoms with Gasteiger partial charge < -0.3 is 21.3 Å². The molecule has 318 valence electrons. The van der Waals surface area contributed by atoms with Crippen LogP contribution in [-0.2, 0) is 19.2 Å². The molecular formula is C40H26Cl8N8O6. The summed E-state index contributed by atoms with van der Waals surface area (Å²) < 4.78 is 0. The molecule has 4 amide bonds. The van der Waals surface area contributed by atoms with Crippen molar-refractivity contribution < 1.29 is 28.8 Å². The van der Waals surface area contributed by atoms with Gasteiger partial charge in [-0.15, -0.1) is 0 Å². The molecule has 2 unspecified atom stereocenters. The molecular weight excluding hydrogens is 972 g/mol. The van der Waals surface area contributed by atoms with Crippen LogP contribution in [0.5, 0.6) is 0 Å². The number of halogens is 8. The number of rotatable bonds is 14. The van der Waals surface area contributed by atoms with Crippen molar-refractivity contribution in [2.24, 2.45) is 20.5 Å². The maximum atomic E-state index is 13.3. The van der Waals surface area contributed by atoms with Crippen molar-refractivity contribution in [1.82, 2.24) is 0 Å². The minimum absolute atomic E-state index is 0.00223. The molecule has 0 aromatic heterocycles. The van der Waals surface area contributed by atoms with Crippen LogP contribution in [0.2, 0.25) is 40.2 Å². The van der Waals surface area contributed by atoms with Gasteiger partial charge in [-0.05, 0) is 98.8 Å². The number of anilines is 4. The number of amides is 4. The van der Waals surface area contributed by atoms with E-state index in [4.69, 9.17) is 92.8 Å². The second kappa shape index (κ2) is 21.3. The molecule has 22 heteroatoms. The van der Waals surface area contributed by atoms with E-state index in [9.17, 15) is 28.8 Å². The third-order valence-electron chi connectivity index (χ3n) is 8.14. The molecule has 5 aromatic rings. The van der Waals surface area contributed by atoms with Crippen molar-refractivity contribution in [3.05, 3.63) is 136 Å². The van der Waals surface area contributed by atoms with Crippen LogP contribution >= 0.6 is 92.8 Å². The average molecular weight is 998 g/mol. The van der Waals surface area contributed by atoms with E-state index < -0.39 is 47.3 Å². The zero-order valence-electron chi connectivity index (χ0n) is 31.5. The molecule has 0 heterocycles. The lowest BCUT2D eigenvalue weighted by atomic mass is 10.1. The minimum atomic E-state index is -1.70. The lowest BCUT2D eigenvalue weighted by molar-refractivity contribution is -0.127. The predicted molar refractivity (Wildman–Crippen MR) is 243 cm³/mol. The highest BCUT2D eigenvalue weighted by molar-refractivity contribution is 6.41. The van der Waals surface area contributed by atoms with Gasteiger partial charge in [0.25, 0.3) is 23.6 Å². The summed E-state index contributed by atoms with van der Waals surface area (Å²) in [7, 11) is 0. The fourth-order valence-corrected chi connectivity index (χ4v) is 6.78. The van der Waals surface area contributed by atoms with Crippen LogP contribution in [0, 0.1) is 0 Å². The third-order valence-corrected chi connectivity index (χ3v) is 10.5. The molecule has 0 fully saturated rings. The van der Waals surface area contributed by atoms with Gasteiger partial charge in [0.15, 0.2) is 11.6 Å². The van der Waals surface area contributed by atoms with E-state index in [0.29, 0.717) is 10.0 Å². The largest absolute Gasteiger partial charge is 0.324 e. The lowest BCUT2D eigenvalue weighted by Gasteiger charge is -2.15. The van der Waals surface area contributed by atoms with E-state index in [1.54, 1.807) is 12.1 Å². The van der Waals surface area contributed by atoms with Crippen molar-refractivity contribution in [3.63, 3.8) is 0 Å². The van der Waals surface area contributed by atoms with E-state index in [1.165, 1.54) is 72.8 Å². The first-order valence-electron chi connectivity index (χ1n) is 17.4. The number of hydrogen-bond donors (Lipinski definition) is 4. The summed E-state index contributed by atoms with van der Waals surface area (Å²) in [6.07, 6.45) is 0. The molecule has 0 radical (unpaired) electrons. The van der Waals surface area contributed by atoms with Crippen LogP contribution in [0.3, 0.4) is 0 Å². The molecule has 0 aliphatic carbocycles. The number of ketones is 2. The third kappa shape index (κ3) is 12.5. The summed E-state index contributed by atoms with van der Waals surface area (Å²) in [4.78, 5) is 77.6. The second-order valence-corrected chi connectivity index (χ2v) is 16.1. The molecule has 5 aromatic carbocycles. The van der Waals surface area contributed by atoms with Crippen molar-refractivity contribution in [2.75, 3.05) is 21.3 Å². The Balaban J connectivity index is 1.26. The van der Waals surface area contributed by atoms with Gasteiger partial charge in [0.1, 0.15) is 0 Å². The minimum Gasteiger partial charge on any atom is -0.324 e. The van der Waals surface area contributed by atoms with Crippen LogP contribution in [-0.4, -0.2) is 47.3 Å². The van der Waals surface area contributed by atoms with Gasteiger partial charge in [-0.25, -0.2) is 0 Å². The Kier molecular flexibility index (Phi) is 16.4. The molecule has 2 atom stereocenters. The smallest absolute Gasteiger partial charge is 0.258 e. The molecule has 0 saturated heterocycles. The Labute approximate surface area is 392 Å². The first-order valence-corrected chi connectivity index (χ1v) is 20.4. The molecule has 0 aliphatic heterocycles. The van der Waals surface area contributed by atoms with Gasteiger partial charge >= 0.3 is 0 Å². The maximum Gasteiger partial charge on any atom is 0.258 e. The summed E-state index contributed by atoms with van der Waals surface area (Å²) >= 11 is 49.7. The van der Waals surface area contributed by atoms with Crippen molar-refractivity contribution in [2.45, 2.75) is 25.9 Å². The molecule has 14 nitrogen and oxygen atoms in total. The van der Waals surface area contributed by atoms with Crippen LogP contribution < -0.4 is 21.3 Å². The van der Waals surface area contributed by atoms with E-state index in [0.717, 1.165) is 13.8 Å². The molecule has 0 bridgehead atoms. The number of nitrogens with zero attached hydrogens (tertiary/aromatic N) is 4. The standard InChI is InChI=1S/C40H26Cl8N8O6/c1-17(57)34(55-53-21-5-9-26(43)24(13-21)37(59)50-32-11-19(41)3-7-28(32)45)39(61)49-23-15-30(47)36(31(48)16-23)52-40(62)35(18(2)58)56-54-22-6-10-27(44)25(14-22)38(60)51-33-12-20(42)4-8-29(33)46/h3-16,34-35H,1-2H3,(H,49,61)(H,50,59)(H,51,60)(H,52,62). The Morgan fingerprint density at radius 1 is 0.452 bits per heavy atom. The Hall–Kier alpha value is -5.16. The van der Waals surface area contributed by atoms with Crippen molar-refractivity contribution >= 4 is 162 Å². The molecule has 0 spiro atoms. The number of Topliss-reactive ketones (excluding diaryl/α,β-unsaturated/α-hetero) is 2. The highest BCUT2D eigenvalue weighted by atomic mass is 35.5. The number of azo groups is 2. The Morgan fingerprint density at radius 3 is 1.24 bits per heavy atom. The quantitative estimate of drug-likeness (QED) is 0.0630. The van der Waals surface area contributed by atoms with E-state index in [2.05, 4.69) is 41.7 Å². The number of carbonyl (C=O) groups excluding carboxylic acids is 6. The summed E-state index contributed by atoms with van der Waals surface area (Å²) in [5.41, 5.74) is 0.412. The van der Waals surface area contributed by atoms with Gasteiger partial charge in [-0.1, -0.05) is 92.8 Å². The first kappa shape index (κ1) is 47.9. The molecule has 0 aliphatic rings. The van der Waals surface area contributed by atoms with Gasteiger partial charge in [0.2, 0.25) is 12.1 Å². The average Bonchev–Trinajstić information content (AvgIpc) is 3.20. The zero-order valence-corrected chi connectivity index (χ0v) is 37.5. The van der Waals surface area contributed by atoms with Crippen LogP contribution in [0.1, 0.15) is 34.6 Å². The second-order valence-electron chi connectivity index (χ2n) is 12.7. The lowest BCUT2D eigenvalue weighted by Crippen LogP contribution is -2.32. The van der Waals surface area contributed by atoms with Crippen LogP contribution in [0.15, 0.2) is 105 Å². The normalized spacial score (nSPS) is 12.2. The number of hydrogen-bond acceptors (Lipinski definition) is 10. The number of carbonyl (C=O) groups is 6. The fraction of sp³-hybridized carbons (Fsp3) is 0.100. The van der Waals surface area contributed by atoms with E-state index in [1.807, 2.05) is 0 Å². The van der Waals surface area contributed by atoms with E-state index in [-0.39, 0.29) is 75.4 Å². The Morgan fingerprint density at radius 2 is 0.839 bits per heavy atom. The van der Waals surface area contributed by atoms with Crippen LogP contribution in [0.25, 0.3) is 0 Å². The monoisotopic (exact) mass is 994 g/mol. The molecule has 62 heavy (non-hydrogen) atoms. The van der Waals surface area contributed by atoms with Crippen LogP contribution in [0.4, 0.5) is 34.1 Å². The van der Waals surface area contributed by atoms with E-state index >= 15 is 0 Å². The summed E-state index contributed by atoms with van der Waals surface area (Å²) in [6, 6.07) is 16.2. The van der Waals surface area contributed by atoms with Gasteiger partial charge in [-0.2, -0.15) is 20.5 Å². The van der Waals surface area contributed by atoms with Gasteiger partial charge in [-0.3, -0.25) is 28.8 Å². The number of benzene rings is 5. The molecule has 0 saturated carbocycles. The number of nitrogens with one attached hydrogen (secondary N) is 4. The first-order chi connectivity index (χ1) is 29.3. The van der Waals surface area contributed by atoms with Crippen molar-refractivity contribution in [3.8, 4) is 0 Å². The highest BCUT2D eigenvalue weighted by Crippen LogP contribution is 2.35. The fourth-order valence-electron chi connectivity index (χ4n) is 5.12. The van der Waals surface area contributed by atoms with Crippen molar-refractivity contribution in [1.29, 1.82) is 0 Å². The molecule has 5 rings (SSSR count). The van der Waals surface area contributed by atoms with Gasteiger partial charge in [0, 0.05) is 15.7 Å². The summed E-state index contributed by atoms with van der Waals surface area (Å²) in [5, 5.41) is 26.7. The molecule has 4 N–H and O–H groups in total. The maximum absolute atomic E-state index is 13.3. The summed E-state index contributed by atoms with van der Waals surface area (Å²) in [5.74, 6) is -4.61. The predicted octanol–water partition coefficient (Wildman–Crippen LogP) is 12.8. The highest BCUT2D eigenvalue weighted by Gasteiger charge is 2.27. The topological polar surface area (TPSA) is 200 Å². The van der Waals surface area contributed by atoms with Gasteiger partial charge in [0.05, 0.1) is 69.7 Å². The zero-order chi connectivity index (χ0) is 45.4. The summed E-state index contributed by atoms with van der Waals surface area (Å²) in [6.45, 7) is 2.22. The Bertz CT molecular complexity index is 2690. The SMILES string of the molecule is CC(=O)C(N=Nc1ccc(Cl)c(C(=O)Nc2cc(Cl)ccc2Cl)c1)C(=O)Nc1cc(Cl)c(NC(=O)C(N=Nc2ccc(Cl)c(C(=O)Nc3cc(Cl)ccc3Cl)c2)C(C)=O)c(Cl)c1.